The maximum Gasteiger partial charge on any atom is 0.251 e. The lowest BCUT2D eigenvalue weighted by Gasteiger charge is -2.19. The summed E-state index contributed by atoms with van der Waals surface area (Å²) in [6, 6.07) is 23.5. The summed E-state index contributed by atoms with van der Waals surface area (Å²) in [6.07, 6.45) is 0.370. The number of halogens is 1. The van der Waals surface area contributed by atoms with E-state index in [1.807, 2.05) is 36.4 Å². The first kappa shape index (κ1) is 19.3. The van der Waals surface area contributed by atoms with Gasteiger partial charge in [0.2, 0.25) is 5.91 Å². The largest absolute Gasteiger partial charge is 0.350 e. The molecule has 0 bridgehead atoms. The minimum atomic E-state index is -0.726. The van der Waals surface area contributed by atoms with Gasteiger partial charge in [-0.15, -0.1) is 0 Å². The monoisotopic (exact) mass is 376 g/mol. The number of carbonyl (C=O) groups is 2. The maximum absolute atomic E-state index is 13.0. The molecule has 1 unspecified atom stereocenters. The van der Waals surface area contributed by atoms with Crippen LogP contribution in [0.25, 0.3) is 0 Å². The Morgan fingerprint density at radius 2 is 1.39 bits per heavy atom. The van der Waals surface area contributed by atoms with Crippen LogP contribution < -0.4 is 10.6 Å². The molecule has 0 spiro atoms. The van der Waals surface area contributed by atoms with Crippen molar-refractivity contribution in [1.82, 2.24) is 10.6 Å². The van der Waals surface area contributed by atoms with Gasteiger partial charge in [-0.2, -0.15) is 0 Å². The quantitative estimate of drug-likeness (QED) is 0.663. The molecule has 0 saturated carbocycles. The minimum Gasteiger partial charge on any atom is -0.350 e. The van der Waals surface area contributed by atoms with Crippen LogP contribution in [-0.4, -0.2) is 17.9 Å². The van der Waals surface area contributed by atoms with Crippen LogP contribution in [0.5, 0.6) is 0 Å². The van der Waals surface area contributed by atoms with E-state index < -0.39 is 6.04 Å². The van der Waals surface area contributed by atoms with Gasteiger partial charge in [-0.05, 0) is 35.4 Å². The molecular formula is C23H21FN2O2. The van der Waals surface area contributed by atoms with Crippen molar-refractivity contribution in [3.05, 3.63) is 107 Å². The smallest absolute Gasteiger partial charge is 0.251 e. The lowest BCUT2D eigenvalue weighted by molar-refractivity contribution is -0.123. The molecule has 1 atom stereocenters. The summed E-state index contributed by atoms with van der Waals surface area (Å²) in [5.74, 6) is -0.928. The zero-order chi connectivity index (χ0) is 19.8. The zero-order valence-electron chi connectivity index (χ0n) is 15.3. The van der Waals surface area contributed by atoms with Crippen molar-refractivity contribution < 1.29 is 14.0 Å². The van der Waals surface area contributed by atoms with Crippen molar-refractivity contribution in [3.63, 3.8) is 0 Å². The van der Waals surface area contributed by atoms with Crippen molar-refractivity contribution >= 4 is 11.8 Å². The zero-order valence-corrected chi connectivity index (χ0v) is 15.3. The van der Waals surface area contributed by atoms with E-state index in [9.17, 15) is 14.0 Å². The Bertz CT molecular complexity index is 912. The third kappa shape index (κ3) is 5.51. The highest BCUT2D eigenvalue weighted by molar-refractivity contribution is 5.97. The van der Waals surface area contributed by atoms with Crippen LogP contribution in [0.2, 0.25) is 0 Å². The minimum absolute atomic E-state index is 0.256. The molecule has 0 aliphatic heterocycles. The third-order valence-corrected chi connectivity index (χ3v) is 4.32. The molecule has 4 nitrogen and oxygen atoms in total. The summed E-state index contributed by atoms with van der Waals surface area (Å²) in [7, 11) is 0. The van der Waals surface area contributed by atoms with Gasteiger partial charge in [-0.25, -0.2) is 4.39 Å². The van der Waals surface area contributed by atoms with Crippen LogP contribution in [0, 0.1) is 5.82 Å². The molecular weight excluding hydrogens is 355 g/mol. The van der Waals surface area contributed by atoms with Crippen LogP contribution >= 0.6 is 0 Å². The number of hydrogen-bond donors (Lipinski definition) is 2. The fourth-order valence-electron chi connectivity index (χ4n) is 2.80. The summed E-state index contributed by atoms with van der Waals surface area (Å²) in [4.78, 5) is 25.3. The first-order valence-corrected chi connectivity index (χ1v) is 9.04. The van der Waals surface area contributed by atoms with Gasteiger partial charge in [0.1, 0.15) is 11.9 Å². The molecule has 3 rings (SSSR count). The van der Waals surface area contributed by atoms with Crippen LogP contribution in [0.1, 0.15) is 21.5 Å². The number of amides is 2. The van der Waals surface area contributed by atoms with E-state index in [0.29, 0.717) is 12.0 Å². The summed E-state index contributed by atoms with van der Waals surface area (Å²) >= 11 is 0. The number of nitrogens with one attached hydrogen (secondary N) is 2. The SMILES string of the molecule is O=C(NC(Cc1ccccc1)C(=O)NCc1ccc(F)cc1)c1ccccc1. The Morgan fingerprint density at radius 1 is 0.786 bits per heavy atom. The van der Waals surface area contributed by atoms with E-state index in [-0.39, 0.29) is 24.2 Å². The average Bonchev–Trinajstić information content (AvgIpc) is 2.74. The molecule has 0 fully saturated rings. The van der Waals surface area contributed by atoms with Gasteiger partial charge in [-0.3, -0.25) is 9.59 Å². The second-order valence-electron chi connectivity index (χ2n) is 6.43. The Balaban J connectivity index is 1.70. The highest BCUT2D eigenvalue weighted by atomic mass is 19.1. The predicted molar refractivity (Wildman–Crippen MR) is 106 cm³/mol. The molecule has 3 aromatic carbocycles. The number of rotatable bonds is 7. The Hall–Kier alpha value is -3.47. The topological polar surface area (TPSA) is 58.2 Å². The lowest BCUT2D eigenvalue weighted by Crippen LogP contribution is -2.47. The number of carbonyl (C=O) groups excluding carboxylic acids is 2. The summed E-state index contributed by atoms with van der Waals surface area (Å²) < 4.78 is 13.0. The molecule has 0 aliphatic rings. The molecule has 2 N–H and O–H groups in total. The van der Waals surface area contributed by atoms with Crippen molar-refractivity contribution in [2.45, 2.75) is 19.0 Å². The van der Waals surface area contributed by atoms with Gasteiger partial charge in [0, 0.05) is 18.5 Å². The standard InChI is InChI=1S/C23H21FN2O2/c24-20-13-11-18(12-14-20)16-25-23(28)21(15-17-7-3-1-4-8-17)26-22(27)19-9-5-2-6-10-19/h1-14,21H,15-16H2,(H,25,28)(H,26,27). The normalized spacial score (nSPS) is 11.5. The Labute approximate surface area is 163 Å². The molecule has 2 amide bonds. The first-order valence-electron chi connectivity index (χ1n) is 9.04. The van der Waals surface area contributed by atoms with Gasteiger partial charge < -0.3 is 10.6 Å². The first-order chi connectivity index (χ1) is 13.6. The number of benzene rings is 3. The molecule has 28 heavy (non-hydrogen) atoms. The molecule has 0 aliphatic carbocycles. The second kappa shape index (κ2) is 9.46. The molecule has 0 saturated heterocycles. The van der Waals surface area contributed by atoms with Crippen molar-refractivity contribution in [2.24, 2.45) is 0 Å². The van der Waals surface area contributed by atoms with Gasteiger partial charge in [0.05, 0.1) is 0 Å². The lowest BCUT2D eigenvalue weighted by atomic mass is 10.0. The average molecular weight is 376 g/mol. The van der Waals surface area contributed by atoms with Crippen LogP contribution in [0.3, 0.4) is 0 Å². The van der Waals surface area contributed by atoms with Crippen LogP contribution in [-0.2, 0) is 17.8 Å². The van der Waals surface area contributed by atoms with Crippen LogP contribution in [0.4, 0.5) is 4.39 Å². The second-order valence-corrected chi connectivity index (χ2v) is 6.43. The molecule has 142 valence electrons. The fraction of sp³-hybridized carbons (Fsp3) is 0.130. The highest BCUT2D eigenvalue weighted by Gasteiger charge is 2.21. The van der Waals surface area contributed by atoms with E-state index in [1.165, 1.54) is 12.1 Å². The molecule has 0 radical (unpaired) electrons. The van der Waals surface area contributed by atoms with Crippen molar-refractivity contribution in [1.29, 1.82) is 0 Å². The molecule has 5 heteroatoms. The van der Waals surface area contributed by atoms with Gasteiger partial charge >= 0.3 is 0 Å². The molecule has 0 aromatic heterocycles. The number of hydrogen-bond acceptors (Lipinski definition) is 2. The predicted octanol–water partition coefficient (Wildman–Crippen LogP) is 3.48. The van der Waals surface area contributed by atoms with E-state index in [0.717, 1.165) is 11.1 Å². The summed E-state index contributed by atoms with van der Waals surface area (Å²) in [6.45, 7) is 0.256. The highest BCUT2D eigenvalue weighted by Crippen LogP contribution is 2.07. The Kier molecular flexibility index (Phi) is 6.52. The van der Waals surface area contributed by atoms with E-state index in [2.05, 4.69) is 10.6 Å². The van der Waals surface area contributed by atoms with Gasteiger partial charge in [0.15, 0.2) is 0 Å². The van der Waals surface area contributed by atoms with Crippen LogP contribution in [0.15, 0.2) is 84.9 Å². The van der Waals surface area contributed by atoms with E-state index in [1.54, 1.807) is 36.4 Å². The maximum atomic E-state index is 13.0. The van der Waals surface area contributed by atoms with Gasteiger partial charge in [0.25, 0.3) is 5.91 Å². The Morgan fingerprint density at radius 3 is 2.04 bits per heavy atom. The molecule has 3 aromatic rings. The third-order valence-electron chi connectivity index (χ3n) is 4.32. The van der Waals surface area contributed by atoms with Gasteiger partial charge in [-0.1, -0.05) is 60.7 Å². The van der Waals surface area contributed by atoms with E-state index >= 15 is 0 Å². The van der Waals surface area contributed by atoms with Crippen molar-refractivity contribution in [2.75, 3.05) is 0 Å². The summed E-state index contributed by atoms with van der Waals surface area (Å²) in [5.41, 5.74) is 2.22. The van der Waals surface area contributed by atoms with Crippen molar-refractivity contribution in [3.8, 4) is 0 Å². The fourth-order valence-corrected chi connectivity index (χ4v) is 2.80. The molecule has 0 heterocycles. The summed E-state index contributed by atoms with van der Waals surface area (Å²) in [5, 5.41) is 5.64. The van der Waals surface area contributed by atoms with E-state index in [4.69, 9.17) is 0 Å².